The van der Waals surface area contributed by atoms with Crippen LogP contribution in [-0.2, 0) is 22.9 Å². The van der Waals surface area contributed by atoms with Crippen molar-refractivity contribution in [3.63, 3.8) is 0 Å². The van der Waals surface area contributed by atoms with Crippen molar-refractivity contribution in [2.24, 2.45) is 11.8 Å². The summed E-state index contributed by atoms with van der Waals surface area (Å²) in [5.41, 5.74) is 2.49. The Hall–Kier alpha value is -1.79. The number of hydrogen-bond donors (Lipinski definition) is 1. The smallest absolute Gasteiger partial charge is 0.207 e. The van der Waals surface area contributed by atoms with Gasteiger partial charge in [0, 0.05) is 6.04 Å². The maximum absolute atomic E-state index is 13.9. The van der Waals surface area contributed by atoms with Crippen LogP contribution in [0.3, 0.4) is 0 Å². The van der Waals surface area contributed by atoms with Crippen LogP contribution in [0.2, 0.25) is 0 Å². The van der Waals surface area contributed by atoms with Crippen LogP contribution in [0.5, 0.6) is 0 Å². The molecule has 2 aliphatic carbocycles. The zero-order chi connectivity index (χ0) is 17.6. The van der Waals surface area contributed by atoms with Crippen molar-refractivity contribution in [3.8, 4) is 0 Å². The van der Waals surface area contributed by atoms with Gasteiger partial charge >= 0.3 is 0 Å². The summed E-state index contributed by atoms with van der Waals surface area (Å²) in [6.45, 7) is 0. The quantitative estimate of drug-likeness (QED) is 0.908. The Morgan fingerprint density at radius 2 is 1.36 bits per heavy atom. The highest BCUT2D eigenvalue weighted by Crippen LogP contribution is 2.40. The lowest BCUT2D eigenvalue weighted by molar-refractivity contribution is 0.384. The third-order valence-electron chi connectivity index (χ3n) is 5.49. The molecule has 4 rings (SSSR count). The molecule has 0 amide bonds. The van der Waals surface area contributed by atoms with Crippen LogP contribution in [0, 0.1) is 23.5 Å². The van der Waals surface area contributed by atoms with Gasteiger partial charge in [-0.05, 0) is 60.8 Å². The summed E-state index contributed by atoms with van der Waals surface area (Å²) in [6.07, 6.45) is 3.43. The van der Waals surface area contributed by atoms with E-state index in [0.29, 0.717) is 0 Å². The van der Waals surface area contributed by atoms with Crippen molar-refractivity contribution < 1.29 is 17.2 Å². The molecule has 3 nitrogen and oxygen atoms in total. The lowest BCUT2D eigenvalue weighted by atomic mass is 9.94. The van der Waals surface area contributed by atoms with Crippen LogP contribution >= 0.6 is 0 Å². The molecule has 2 aromatic rings. The van der Waals surface area contributed by atoms with Gasteiger partial charge in [-0.3, -0.25) is 0 Å². The van der Waals surface area contributed by atoms with E-state index in [1.54, 1.807) is 0 Å². The molecule has 2 atom stereocenters. The van der Waals surface area contributed by atoms with E-state index in [1.807, 2.05) is 12.1 Å². The molecule has 132 valence electrons. The van der Waals surface area contributed by atoms with Crippen LogP contribution in [0.25, 0.3) is 0 Å². The molecule has 1 N–H and O–H groups in total. The van der Waals surface area contributed by atoms with Crippen LogP contribution < -0.4 is 4.72 Å². The molecule has 1 fully saturated rings. The Morgan fingerprint density at radius 1 is 0.840 bits per heavy atom. The number of benzene rings is 2. The molecule has 0 spiro atoms. The first-order valence-electron chi connectivity index (χ1n) is 8.49. The number of hydrogen-bond acceptors (Lipinski definition) is 2. The number of sulfonamides is 1. The molecular weight excluding hydrogens is 344 g/mol. The van der Waals surface area contributed by atoms with Crippen molar-refractivity contribution >= 4 is 10.0 Å². The molecule has 2 aliphatic rings. The summed E-state index contributed by atoms with van der Waals surface area (Å²) in [5.74, 6) is -1.81. The van der Waals surface area contributed by atoms with Gasteiger partial charge < -0.3 is 0 Å². The molecule has 1 saturated carbocycles. The van der Waals surface area contributed by atoms with E-state index < -0.39 is 26.6 Å². The fourth-order valence-corrected chi connectivity index (χ4v) is 5.83. The minimum absolute atomic E-state index is 0.151. The van der Waals surface area contributed by atoms with E-state index in [2.05, 4.69) is 16.9 Å². The summed E-state index contributed by atoms with van der Waals surface area (Å²) in [5, 5.41) is 0. The highest BCUT2D eigenvalue weighted by Gasteiger charge is 2.41. The van der Waals surface area contributed by atoms with Crippen LogP contribution in [0.1, 0.15) is 24.0 Å². The molecule has 2 bridgehead atoms. The largest absolute Gasteiger partial charge is 0.246 e. The Labute approximate surface area is 146 Å². The second-order valence-corrected chi connectivity index (χ2v) is 8.62. The summed E-state index contributed by atoms with van der Waals surface area (Å²) in [6, 6.07) is 10.9. The van der Waals surface area contributed by atoms with E-state index in [1.165, 1.54) is 11.1 Å². The summed E-state index contributed by atoms with van der Waals surface area (Å²) >= 11 is 0. The van der Waals surface area contributed by atoms with Crippen molar-refractivity contribution in [1.29, 1.82) is 0 Å². The van der Waals surface area contributed by atoms with Gasteiger partial charge in [0.2, 0.25) is 10.0 Å². The standard InChI is InChI=1S/C19H19F2NO2S/c20-16-6-3-7-17(21)19(16)25(23,24)22-18-14-8-9-15(18)11-13-5-2-1-4-12(13)10-14/h1-7,14-15,18,22H,8-11H2. The van der Waals surface area contributed by atoms with Crippen molar-refractivity contribution in [3.05, 3.63) is 65.2 Å². The van der Waals surface area contributed by atoms with Gasteiger partial charge in [-0.15, -0.1) is 0 Å². The predicted molar refractivity (Wildman–Crippen MR) is 90.5 cm³/mol. The van der Waals surface area contributed by atoms with Crippen molar-refractivity contribution in [2.45, 2.75) is 36.6 Å². The van der Waals surface area contributed by atoms with E-state index in [4.69, 9.17) is 0 Å². The molecule has 0 aromatic heterocycles. The topological polar surface area (TPSA) is 46.2 Å². The van der Waals surface area contributed by atoms with E-state index in [9.17, 15) is 17.2 Å². The number of rotatable bonds is 3. The number of halogens is 2. The Kier molecular flexibility index (Phi) is 4.12. The maximum Gasteiger partial charge on any atom is 0.246 e. The van der Waals surface area contributed by atoms with Gasteiger partial charge in [0.15, 0.2) is 4.90 Å². The Bertz CT molecular complexity index is 860. The zero-order valence-electron chi connectivity index (χ0n) is 13.6. The molecule has 0 heterocycles. The normalized spacial score (nSPS) is 25.4. The molecule has 6 heteroatoms. The molecule has 0 aliphatic heterocycles. The zero-order valence-corrected chi connectivity index (χ0v) is 14.4. The maximum atomic E-state index is 13.9. The molecule has 2 unspecified atom stereocenters. The fraction of sp³-hybridized carbons (Fsp3) is 0.368. The lowest BCUT2D eigenvalue weighted by Gasteiger charge is -2.23. The molecule has 0 saturated heterocycles. The predicted octanol–water partition coefficient (Wildman–Crippen LogP) is 3.44. The summed E-state index contributed by atoms with van der Waals surface area (Å²) in [4.78, 5) is -0.879. The highest BCUT2D eigenvalue weighted by molar-refractivity contribution is 7.89. The second kappa shape index (κ2) is 6.18. The van der Waals surface area contributed by atoms with Gasteiger partial charge in [0.05, 0.1) is 0 Å². The average molecular weight is 363 g/mol. The lowest BCUT2D eigenvalue weighted by Crippen LogP contribution is -2.42. The third-order valence-corrected chi connectivity index (χ3v) is 7.00. The van der Waals surface area contributed by atoms with Crippen LogP contribution in [0.4, 0.5) is 8.78 Å². The van der Waals surface area contributed by atoms with Gasteiger partial charge in [0.25, 0.3) is 0 Å². The summed E-state index contributed by atoms with van der Waals surface area (Å²) < 4.78 is 55.8. The van der Waals surface area contributed by atoms with Gasteiger partial charge in [-0.1, -0.05) is 30.3 Å². The third kappa shape index (κ3) is 2.98. The molecule has 0 radical (unpaired) electrons. The second-order valence-electron chi connectivity index (χ2n) is 6.97. The molecule has 2 aromatic carbocycles. The SMILES string of the molecule is O=S(=O)(NC1C2CCC1Cc1ccccc1C2)c1c(F)cccc1F. The first-order valence-corrected chi connectivity index (χ1v) is 9.97. The van der Waals surface area contributed by atoms with Crippen LogP contribution in [0.15, 0.2) is 47.4 Å². The van der Waals surface area contributed by atoms with Gasteiger partial charge in [-0.2, -0.15) is 0 Å². The fourth-order valence-electron chi connectivity index (χ4n) is 4.32. The first-order chi connectivity index (χ1) is 12.0. The number of fused-ring (bicyclic) bond motifs is 3. The van der Waals surface area contributed by atoms with E-state index >= 15 is 0 Å². The summed E-state index contributed by atoms with van der Waals surface area (Å²) in [7, 11) is -4.25. The monoisotopic (exact) mass is 363 g/mol. The van der Waals surface area contributed by atoms with E-state index in [0.717, 1.165) is 43.9 Å². The number of nitrogens with one attached hydrogen (secondary N) is 1. The Balaban J connectivity index is 1.65. The van der Waals surface area contributed by atoms with Gasteiger partial charge in [0.1, 0.15) is 11.6 Å². The highest BCUT2D eigenvalue weighted by atomic mass is 32.2. The first kappa shape index (κ1) is 16.7. The van der Waals surface area contributed by atoms with Gasteiger partial charge in [-0.25, -0.2) is 21.9 Å². The Morgan fingerprint density at radius 3 is 1.88 bits per heavy atom. The molecule has 25 heavy (non-hydrogen) atoms. The van der Waals surface area contributed by atoms with Crippen molar-refractivity contribution in [1.82, 2.24) is 4.72 Å². The average Bonchev–Trinajstić information content (AvgIpc) is 2.81. The van der Waals surface area contributed by atoms with Crippen molar-refractivity contribution in [2.75, 3.05) is 0 Å². The minimum Gasteiger partial charge on any atom is -0.207 e. The molecular formula is C19H19F2NO2S. The minimum atomic E-state index is -4.25. The van der Waals surface area contributed by atoms with E-state index in [-0.39, 0.29) is 17.9 Å². The van der Waals surface area contributed by atoms with Crippen LogP contribution in [-0.4, -0.2) is 14.5 Å².